The molecule has 1 N–H and O–H groups in total. The predicted octanol–water partition coefficient (Wildman–Crippen LogP) is 3.76. The van der Waals surface area contributed by atoms with Crippen LogP contribution >= 0.6 is 11.6 Å². The molecule has 16 heavy (non-hydrogen) atoms. The van der Waals surface area contributed by atoms with Crippen molar-refractivity contribution >= 4 is 11.6 Å². The summed E-state index contributed by atoms with van der Waals surface area (Å²) in [6.45, 7) is 8.87. The lowest BCUT2D eigenvalue weighted by molar-refractivity contribution is 0.364. The molecule has 0 aliphatic carbocycles. The summed E-state index contributed by atoms with van der Waals surface area (Å²) < 4.78 is 0. The van der Waals surface area contributed by atoms with E-state index in [0.29, 0.717) is 11.8 Å². The number of hydrogen-bond acceptors (Lipinski definition) is 1. The van der Waals surface area contributed by atoms with E-state index in [0.717, 1.165) is 24.5 Å². The minimum absolute atomic E-state index is 0.695. The Bertz CT molecular complexity index is 292. The molecule has 1 aromatic rings. The minimum Gasteiger partial charge on any atom is -0.317 e. The molecular formula is C14H22ClN. The largest absolute Gasteiger partial charge is 0.317 e. The molecule has 1 unspecified atom stereocenters. The summed E-state index contributed by atoms with van der Waals surface area (Å²) in [7, 11) is 0. The van der Waals surface area contributed by atoms with Gasteiger partial charge in [0.15, 0.2) is 0 Å². The lowest BCUT2D eigenvalue weighted by atomic mass is 9.89. The third-order valence-corrected chi connectivity index (χ3v) is 3.26. The molecule has 1 rings (SSSR count). The molecule has 0 saturated heterocycles. The van der Waals surface area contributed by atoms with Crippen LogP contribution in [0, 0.1) is 11.8 Å². The average molecular weight is 240 g/mol. The van der Waals surface area contributed by atoms with E-state index in [2.05, 4.69) is 38.2 Å². The van der Waals surface area contributed by atoms with Crippen molar-refractivity contribution in [2.45, 2.75) is 27.2 Å². The lowest BCUT2D eigenvalue weighted by Crippen LogP contribution is -2.27. The molecule has 90 valence electrons. The molecule has 2 heteroatoms. The Balaban J connectivity index is 2.57. The third-order valence-electron chi connectivity index (χ3n) is 3.01. The Labute approximate surface area is 104 Å². The van der Waals surface area contributed by atoms with E-state index in [1.807, 2.05) is 12.1 Å². The van der Waals surface area contributed by atoms with Crippen molar-refractivity contribution in [1.82, 2.24) is 5.32 Å². The van der Waals surface area contributed by atoms with Crippen LogP contribution in [0.15, 0.2) is 24.3 Å². The first-order valence-electron chi connectivity index (χ1n) is 6.08. The van der Waals surface area contributed by atoms with Crippen LogP contribution in [0.5, 0.6) is 0 Å². The van der Waals surface area contributed by atoms with Crippen molar-refractivity contribution in [2.75, 3.05) is 13.1 Å². The van der Waals surface area contributed by atoms with Crippen LogP contribution in [-0.2, 0) is 6.42 Å². The molecule has 1 atom stereocenters. The highest BCUT2D eigenvalue weighted by Crippen LogP contribution is 2.18. The van der Waals surface area contributed by atoms with Crippen molar-refractivity contribution in [3.63, 3.8) is 0 Å². The van der Waals surface area contributed by atoms with Crippen LogP contribution in [0.3, 0.4) is 0 Å². The van der Waals surface area contributed by atoms with Gasteiger partial charge in [-0.25, -0.2) is 0 Å². The maximum atomic E-state index is 5.88. The molecule has 1 nitrogen and oxygen atoms in total. The topological polar surface area (TPSA) is 12.0 Å². The van der Waals surface area contributed by atoms with E-state index in [4.69, 9.17) is 11.6 Å². The second-order valence-corrected chi connectivity index (χ2v) is 5.08. The van der Waals surface area contributed by atoms with Gasteiger partial charge in [0.2, 0.25) is 0 Å². The van der Waals surface area contributed by atoms with E-state index in [1.165, 1.54) is 5.56 Å². The van der Waals surface area contributed by atoms with Crippen molar-refractivity contribution in [1.29, 1.82) is 0 Å². The Morgan fingerprint density at radius 2 is 1.81 bits per heavy atom. The molecule has 0 aliphatic rings. The van der Waals surface area contributed by atoms with Crippen LogP contribution in [0.4, 0.5) is 0 Å². The highest BCUT2D eigenvalue weighted by molar-refractivity contribution is 6.30. The molecule has 0 heterocycles. The lowest BCUT2D eigenvalue weighted by Gasteiger charge is -2.21. The zero-order valence-electron chi connectivity index (χ0n) is 10.5. The quantitative estimate of drug-likeness (QED) is 0.797. The molecule has 0 bridgehead atoms. The van der Waals surface area contributed by atoms with Crippen molar-refractivity contribution < 1.29 is 0 Å². The normalized spacial score (nSPS) is 13.1. The first kappa shape index (κ1) is 13.5. The maximum absolute atomic E-state index is 5.88. The van der Waals surface area contributed by atoms with Crippen LogP contribution in [0.25, 0.3) is 0 Å². The maximum Gasteiger partial charge on any atom is 0.0406 e. The molecule has 0 saturated carbocycles. The van der Waals surface area contributed by atoms with E-state index < -0.39 is 0 Å². The Morgan fingerprint density at radius 3 is 2.31 bits per heavy atom. The van der Waals surface area contributed by atoms with Crippen molar-refractivity contribution in [2.24, 2.45) is 11.8 Å². The van der Waals surface area contributed by atoms with Crippen molar-refractivity contribution in [3.8, 4) is 0 Å². The zero-order chi connectivity index (χ0) is 12.0. The van der Waals surface area contributed by atoms with Crippen molar-refractivity contribution in [3.05, 3.63) is 34.9 Å². The highest BCUT2D eigenvalue weighted by atomic mass is 35.5. The van der Waals surface area contributed by atoms with Gasteiger partial charge in [0.25, 0.3) is 0 Å². The molecule has 0 amide bonds. The van der Waals surface area contributed by atoms with Gasteiger partial charge in [0, 0.05) is 5.02 Å². The van der Waals surface area contributed by atoms with E-state index >= 15 is 0 Å². The number of benzene rings is 1. The van der Waals surface area contributed by atoms with Gasteiger partial charge in [0.05, 0.1) is 0 Å². The van der Waals surface area contributed by atoms with Crippen LogP contribution in [0.2, 0.25) is 5.02 Å². The summed E-state index contributed by atoms with van der Waals surface area (Å²) in [4.78, 5) is 0. The van der Waals surface area contributed by atoms with Gasteiger partial charge in [-0.3, -0.25) is 0 Å². The molecular weight excluding hydrogens is 218 g/mol. The summed E-state index contributed by atoms with van der Waals surface area (Å²) >= 11 is 5.88. The Kier molecular flexibility index (Phi) is 5.86. The number of rotatable bonds is 6. The molecule has 0 radical (unpaired) electrons. The minimum atomic E-state index is 0.695. The van der Waals surface area contributed by atoms with Crippen LogP contribution in [-0.4, -0.2) is 13.1 Å². The van der Waals surface area contributed by atoms with Crippen LogP contribution < -0.4 is 5.32 Å². The summed E-state index contributed by atoms with van der Waals surface area (Å²) in [5.41, 5.74) is 1.38. The predicted molar refractivity (Wildman–Crippen MR) is 72.0 cm³/mol. The van der Waals surface area contributed by atoms with Gasteiger partial charge in [-0.15, -0.1) is 0 Å². The monoisotopic (exact) mass is 239 g/mol. The summed E-state index contributed by atoms with van der Waals surface area (Å²) in [6, 6.07) is 8.20. The van der Waals surface area contributed by atoms with E-state index in [9.17, 15) is 0 Å². The molecule has 0 spiro atoms. The van der Waals surface area contributed by atoms with Gasteiger partial charge < -0.3 is 5.32 Å². The van der Waals surface area contributed by atoms with Crippen LogP contribution in [0.1, 0.15) is 26.3 Å². The molecule has 0 aromatic heterocycles. The smallest absolute Gasteiger partial charge is 0.0406 e. The number of halogens is 1. The highest BCUT2D eigenvalue weighted by Gasteiger charge is 2.13. The van der Waals surface area contributed by atoms with Gasteiger partial charge >= 0.3 is 0 Å². The summed E-state index contributed by atoms with van der Waals surface area (Å²) in [5.74, 6) is 1.40. The Morgan fingerprint density at radius 1 is 1.19 bits per heavy atom. The fourth-order valence-electron chi connectivity index (χ4n) is 1.80. The second kappa shape index (κ2) is 6.93. The first-order chi connectivity index (χ1) is 7.63. The molecule has 1 aromatic carbocycles. The SMILES string of the molecule is CCNCC(Cc1ccc(Cl)cc1)C(C)C. The van der Waals surface area contributed by atoms with Gasteiger partial charge in [-0.2, -0.15) is 0 Å². The van der Waals surface area contributed by atoms with Gasteiger partial charge in [-0.1, -0.05) is 44.5 Å². The average Bonchev–Trinajstić information content (AvgIpc) is 2.26. The zero-order valence-corrected chi connectivity index (χ0v) is 11.2. The summed E-state index contributed by atoms with van der Waals surface area (Å²) in [6.07, 6.45) is 1.13. The van der Waals surface area contributed by atoms with E-state index in [-0.39, 0.29) is 0 Å². The Hall–Kier alpha value is -0.530. The molecule has 0 fully saturated rings. The van der Waals surface area contributed by atoms with Gasteiger partial charge in [0.1, 0.15) is 0 Å². The summed E-state index contributed by atoms with van der Waals surface area (Å²) in [5, 5.41) is 4.25. The first-order valence-corrected chi connectivity index (χ1v) is 6.46. The van der Waals surface area contributed by atoms with E-state index in [1.54, 1.807) is 0 Å². The third kappa shape index (κ3) is 4.54. The fraction of sp³-hybridized carbons (Fsp3) is 0.571. The second-order valence-electron chi connectivity index (χ2n) is 4.64. The fourth-order valence-corrected chi connectivity index (χ4v) is 1.92. The molecule has 0 aliphatic heterocycles. The number of nitrogens with one attached hydrogen (secondary N) is 1. The number of hydrogen-bond donors (Lipinski definition) is 1. The standard InChI is InChI=1S/C14H22ClN/c1-4-16-10-13(11(2)3)9-12-5-7-14(15)8-6-12/h5-8,11,13,16H,4,9-10H2,1-3H3. The van der Waals surface area contributed by atoms with Gasteiger partial charge in [-0.05, 0) is 49.0 Å².